The Morgan fingerprint density at radius 1 is 1.24 bits per heavy atom. The van der Waals surface area contributed by atoms with Crippen molar-refractivity contribution in [3.63, 3.8) is 0 Å². The summed E-state index contributed by atoms with van der Waals surface area (Å²) in [6, 6.07) is 6.31. The lowest BCUT2D eigenvalue weighted by Crippen LogP contribution is -2.42. The SMILES string of the molecule is CS(=O)(=O)CCn1cc(CN2CCC3(CC2)CC(N2CCNC2=O)c2ccc(Cl)cc23)cn1. The fourth-order valence-electron chi connectivity index (χ4n) is 5.67. The van der Waals surface area contributed by atoms with Gasteiger partial charge in [0.2, 0.25) is 0 Å². The van der Waals surface area contributed by atoms with Crippen LogP contribution < -0.4 is 5.32 Å². The van der Waals surface area contributed by atoms with Crippen molar-refractivity contribution in [3.8, 4) is 0 Å². The van der Waals surface area contributed by atoms with E-state index in [9.17, 15) is 13.2 Å². The molecule has 1 atom stereocenters. The monoisotopic (exact) mass is 491 g/mol. The van der Waals surface area contributed by atoms with E-state index < -0.39 is 9.84 Å². The zero-order valence-corrected chi connectivity index (χ0v) is 20.4. The molecule has 10 heteroatoms. The number of benzene rings is 1. The molecule has 2 aliphatic heterocycles. The highest BCUT2D eigenvalue weighted by Gasteiger charge is 2.48. The van der Waals surface area contributed by atoms with Crippen molar-refractivity contribution in [2.45, 2.75) is 43.8 Å². The zero-order valence-electron chi connectivity index (χ0n) is 18.8. The van der Waals surface area contributed by atoms with Gasteiger partial charge in [0.1, 0.15) is 9.84 Å². The standard InChI is InChI=1S/C23H30ClN5O3S/c1-33(31,32)11-10-28-16-17(14-26-28)15-27-7-4-23(5-8-27)13-21(29-9-6-25-22(29)30)19-3-2-18(24)12-20(19)23/h2-3,12,14,16,21H,4-11,13,15H2,1H3,(H,25,30). The molecule has 33 heavy (non-hydrogen) atoms. The number of urea groups is 1. The van der Waals surface area contributed by atoms with Crippen LogP contribution >= 0.6 is 11.6 Å². The van der Waals surface area contributed by atoms with Crippen molar-refractivity contribution in [1.82, 2.24) is 24.9 Å². The lowest BCUT2D eigenvalue weighted by molar-refractivity contribution is 0.133. The second-order valence-electron chi connectivity index (χ2n) is 9.67. The molecule has 1 spiro atoms. The molecule has 3 aliphatic rings. The van der Waals surface area contributed by atoms with Crippen LogP contribution in [0.25, 0.3) is 0 Å². The number of nitrogens with zero attached hydrogens (tertiary/aromatic N) is 4. The molecule has 2 fully saturated rings. The normalized spacial score (nSPS) is 22.7. The molecule has 1 aromatic carbocycles. The number of likely N-dealkylation sites (tertiary alicyclic amines) is 1. The van der Waals surface area contributed by atoms with E-state index in [0.29, 0.717) is 13.1 Å². The van der Waals surface area contributed by atoms with Gasteiger partial charge in [0.25, 0.3) is 0 Å². The first-order valence-electron chi connectivity index (χ1n) is 11.5. The number of nitrogens with one attached hydrogen (secondary N) is 1. The number of hydrogen-bond acceptors (Lipinski definition) is 5. The third kappa shape index (κ3) is 4.63. The lowest BCUT2D eigenvalue weighted by Gasteiger charge is -2.40. The molecule has 3 heterocycles. The van der Waals surface area contributed by atoms with Crippen molar-refractivity contribution < 1.29 is 13.2 Å². The van der Waals surface area contributed by atoms with Crippen LogP contribution in [-0.4, -0.2) is 72.2 Å². The van der Waals surface area contributed by atoms with Crippen LogP contribution in [-0.2, 0) is 28.3 Å². The Morgan fingerprint density at radius 3 is 2.73 bits per heavy atom. The number of carbonyl (C=O) groups excluding carboxylic acids is 1. The minimum Gasteiger partial charge on any atom is -0.336 e. The van der Waals surface area contributed by atoms with E-state index >= 15 is 0 Å². The van der Waals surface area contributed by atoms with Crippen LogP contribution in [0.2, 0.25) is 5.02 Å². The van der Waals surface area contributed by atoms with Gasteiger partial charge in [-0.25, -0.2) is 13.2 Å². The van der Waals surface area contributed by atoms with Gasteiger partial charge in [0.15, 0.2) is 0 Å². The highest BCUT2D eigenvalue weighted by molar-refractivity contribution is 7.90. The number of halogens is 1. The number of hydrogen-bond donors (Lipinski definition) is 1. The van der Waals surface area contributed by atoms with E-state index in [0.717, 1.165) is 56.0 Å². The van der Waals surface area contributed by atoms with Gasteiger partial charge in [-0.2, -0.15) is 5.10 Å². The smallest absolute Gasteiger partial charge is 0.318 e. The maximum Gasteiger partial charge on any atom is 0.318 e. The molecule has 0 radical (unpaired) electrons. The molecule has 1 unspecified atom stereocenters. The molecule has 2 aromatic rings. The van der Waals surface area contributed by atoms with E-state index in [1.807, 2.05) is 23.4 Å². The van der Waals surface area contributed by atoms with Crippen LogP contribution in [0.5, 0.6) is 0 Å². The molecular weight excluding hydrogens is 462 g/mol. The van der Waals surface area contributed by atoms with E-state index in [1.165, 1.54) is 17.4 Å². The van der Waals surface area contributed by atoms with Crippen molar-refractivity contribution in [1.29, 1.82) is 0 Å². The minimum absolute atomic E-state index is 0.0308. The van der Waals surface area contributed by atoms with Gasteiger partial charge < -0.3 is 10.2 Å². The van der Waals surface area contributed by atoms with Crippen LogP contribution in [0.15, 0.2) is 30.6 Å². The number of sulfone groups is 1. The van der Waals surface area contributed by atoms with Gasteiger partial charge in [0.05, 0.1) is 24.5 Å². The van der Waals surface area contributed by atoms with Crippen molar-refractivity contribution in [2.24, 2.45) is 0 Å². The number of carbonyl (C=O) groups is 1. The molecule has 2 amide bonds. The zero-order chi connectivity index (χ0) is 23.2. The van der Waals surface area contributed by atoms with Gasteiger partial charge in [-0.05, 0) is 55.6 Å². The highest BCUT2D eigenvalue weighted by Crippen LogP contribution is 2.53. The summed E-state index contributed by atoms with van der Waals surface area (Å²) in [6.45, 7) is 4.55. The molecule has 0 saturated carbocycles. The molecule has 0 bridgehead atoms. The molecule has 1 aromatic heterocycles. The van der Waals surface area contributed by atoms with Crippen LogP contribution in [0.4, 0.5) is 4.79 Å². The Kier molecular flexibility index (Phi) is 5.91. The second-order valence-corrected chi connectivity index (χ2v) is 12.4. The van der Waals surface area contributed by atoms with Gasteiger partial charge in [-0.1, -0.05) is 17.7 Å². The average Bonchev–Trinajstić information content (AvgIpc) is 3.46. The third-order valence-corrected chi connectivity index (χ3v) is 8.55. The fourth-order valence-corrected chi connectivity index (χ4v) is 6.36. The van der Waals surface area contributed by atoms with Gasteiger partial charge in [-0.15, -0.1) is 0 Å². The van der Waals surface area contributed by atoms with Gasteiger partial charge in [0, 0.05) is 48.1 Å². The molecule has 178 valence electrons. The van der Waals surface area contributed by atoms with E-state index in [1.54, 1.807) is 4.68 Å². The fraction of sp³-hybridized carbons (Fsp3) is 0.565. The number of aromatic nitrogens is 2. The van der Waals surface area contributed by atoms with Crippen molar-refractivity contribution in [2.75, 3.05) is 38.2 Å². The van der Waals surface area contributed by atoms with E-state index in [2.05, 4.69) is 27.4 Å². The molecule has 2 saturated heterocycles. The van der Waals surface area contributed by atoms with Crippen molar-refractivity contribution >= 4 is 27.5 Å². The lowest BCUT2D eigenvalue weighted by atomic mass is 9.73. The molecule has 1 N–H and O–H groups in total. The predicted octanol–water partition coefficient (Wildman–Crippen LogP) is 2.58. The predicted molar refractivity (Wildman–Crippen MR) is 127 cm³/mol. The maximum absolute atomic E-state index is 12.4. The first kappa shape index (κ1) is 22.7. The number of piperidine rings is 1. The van der Waals surface area contributed by atoms with Gasteiger partial charge >= 0.3 is 6.03 Å². The average molecular weight is 492 g/mol. The first-order valence-corrected chi connectivity index (χ1v) is 13.9. The van der Waals surface area contributed by atoms with E-state index in [4.69, 9.17) is 11.6 Å². The largest absolute Gasteiger partial charge is 0.336 e. The quantitative estimate of drug-likeness (QED) is 0.671. The summed E-state index contributed by atoms with van der Waals surface area (Å²) in [5, 5.41) is 8.02. The molecule has 5 rings (SSSR count). The molecular formula is C23H30ClN5O3S. The molecule has 1 aliphatic carbocycles. The summed E-state index contributed by atoms with van der Waals surface area (Å²) in [6.07, 6.45) is 8.02. The van der Waals surface area contributed by atoms with Crippen molar-refractivity contribution in [3.05, 3.63) is 52.3 Å². The summed E-state index contributed by atoms with van der Waals surface area (Å²) in [7, 11) is -3.00. The summed E-state index contributed by atoms with van der Waals surface area (Å²) >= 11 is 6.40. The highest BCUT2D eigenvalue weighted by atomic mass is 35.5. The Morgan fingerprint density at radius 2 is 2.03 bits per heavy atom. The van der Waals surface area contributed by atoms with Crippen LogP contribution in [0.3, 0.4) is 0 Å². The Bertz CT molecular complexity index is 1160. The Balaban J connectivity index is 1.27. The second kappa shape index (κ2) is 8.60. The molecule has 8 nitrogen and oxygen atoms in total. The van der Waals surface area contributed by atoms with Gasteiger partial charge in [-0.3, -0.25) is 9.58 Å². The number of rotatable bonds is 6. The summed E-state index contributed by atoms with van der Waals surface area (Å²) in [4.78, 5) is 16.8. The summed E-state index contributed by atoms with van der Waals surface area (Å²) in [5.74, 6) is 0.0958. The summed E-state index contributed by atoms with van der Waals surface area (Å²) in [5.41, 5.74) is 3.70. The Labute approximate surface area is 199 Å². The first-order chi connectivity index (χ1) is 15.7. The maximum atomic E-state index is 12.4. The van der Waals surface area contributed by atoms with Crippen LogP contribution in [0, 0.1) is 0 Å². The van der Waals surface area contributed by atoms with Crippen LogP contribution in [0.1, 0.15) is 42.0 Å². The Hall–Kier alpha value is -2.10. The number of amides is 2. The number of fused-ring (bicyclic) bond motifs is 2. The number of aryl methyl sites for hydroxylation is 1. The minimum atomic E-state index is -3.00. The van der Waals surface area contributed by atoms with E-state index in [-0.39, 0.29) is 23.2 Å². The third-order valence-electron chi connectivity index (χ3n) is 7.39. The summed E-state index contributed by atoms with van der Waals surface area (Å²) < 4.78 is 24.5. The topological polar surface area (TPSA) is 87.5 Å².